The fourth-order valence-electron chi connectivity index (χ4n) is 3.99. The van der Waals surface area contributed by atoms with Crippen molar-refractivity contribution < 1.29 is 94.2 Å². The van der Waals surface area contributed by atoms with Gasteiger partial charge in [-0.2, -0.15) is 19.3 Å². The second kappa shape index (κ2) is 14.2. The molecule has 0 spiro atoms. The fourth-order valence-corrected chi connectivity index (χ4v) is 5.09. The van der Waals surface area contributed by atoms with Gasteiger partial charge in [-0.25, -0.2) is 16.8 Å². The summed E-state index contributed by atoms with van der Waals surface area (Å²) < 4.78 is 89.4. The van der Waals surface area contributed by atoms with Crippen LogP contribution in [0, 0.1) is 6.08 Å². The number of halogens is 1. The number of ether oxygens (including phenoxy) is 1. The number of benzene rings is 3. The van der Waals surface area contributed by atoms with Crippen molar-refractivity contribution in [1.29, 1.82) is 0 Å². The number of rotatable bonds is 7. The van der Waals surface area contributed by atoms with E-state index in [9.17, 15) is 30.3 Å². The van der Waals surface area contributed by atoms with Gasteiger partial charge in [-0.1, -0.05) is 12.1 Å². The maximum atomic E-state index is 14.2. The van der Waals surface area contributed by atoms with Crippen molar-refractivity contribution in [2.75, 3.05) is 42.3 Å². The van der Waals surface area contributed by atoms with Crippen LogP contribution in [0.15, 0.2) is 68.6 Å². The van der Waals surface area contributed by atoms with E-state index in [2.05, 4.69) is 30.5 Å². The van der Waals surface area contributed by atoms with Crippen LogP contribution < -0.4 is 75.1 Å². The van der Waals surface area contributed by atoms with Gasteiger partial charge in [0.1, 0.15) is 31.6 Å². The molecule has 3 N–H and O–H groups in total. The number of hydrogen-bond acceptors (Lipinski definition) is 15. The molecule has 1 aliphatic heterocycles. The molecular weight excluding hydrogens is 629 g/mol. The van der Waals surface area contributed by atoms with Crippen LogP contribution in [0.5, 0.6) is 0 Å². The minimum Gasteiger partial charge on any atom is -0.744 e. The van der Waals surface area contributed by atoms with Gasteiger partial charge in [0.05, 0.1) is 28.7 Å². The summed E-state index contributed by atoms with van der Waals surface area (Å²) in [6.45, 7) is 1.70. The van der Waals surface area contributed by atoms with Gasteiger partial charge in [0.25, 0.3) is 0 Å². The van der Waals surface area contributed by atoms with Gasteiger partial charge in [0.2, 0.25) is 11.9 Å². The smallest absolute Gasteiger partial charge is 0.744 e. The van der Waals surface area contributed by atoms with Gasteiger partial charge in [-0.05, 0) is 41.8 Å². The van der Waals surface area contributed by atoms with Crippen LogP contribution >= 0.6 is 0 Å². The third kappa shape index (κ3) is 8.43. The second-order valence-corrected chi connectivity index (χ2v) is 11.4. The molecule has 214 valence electrons. The average molecular weight is 649 g/mol. The summed E-state index contributed by atoms with van der Waals surface area (Å²) >= 11 is 0. The number of anilines is 4. The van der Waals surface area contributed by atoms with Gasteiger partial charge < -0.3 is 29.8 Å². The first-order chi connectivity index (χ1) is 19.4. The van der Waals surface area contributed by atoms with Gasteiger partial charge in [-0.3, -0.25) is 0 Å². The average Bonchev–Trinajstić information content (AvgIpc) is 2.91. The van der Waals surface area contributed by atoms with Gasteiger partial charge in [0, 0.05) is 24.2 Å². The van der Waals surface area contributed by atoms with E-state index in [0.29, 0.717) is 37.1 Å². The predicted octanol–water partition coefficient (Wildman–Crippen LogP) is -3.44. The van der Waals surface area contributed by atoms with Crippen molar-refractivity contribution >= 4 is 65.7 Å². The minimum absolute atomic E-state index is 0. The molecule has 4 aromatic rings. The van der Waals surface area contributed by atoms with Gasteiger partial charge in [0.15, 0.2) is 0 Å². The predicted molar refractivity (Wildman–Crippen MR) is 141 cm³/mol. The molecule has 0 atom stereocenters. The number of morpholine rings is 1. The molecule has 1 aliphatic rings. The second-order valence-electron chi connectivity index (χ2n) is 8.63. The van der Waals surface area contributed by atoms with E-state index in [1.165, 1.54) is 24.3 Å². The van der Waals surface area contributed by atoms with Crippen LogP contribution in [0.3, 0.4) is 0 Å². The molecule has 5 rings (SSSR count). The largest absolute Gasteiger partial charge is 1.00 e. The van der Waals surface area contributed by atoms with Gasteiger partial charge >= 0.3 is 65.2 Å². The van der Waals surface area contributed by atoms with Crippen molar-refractivity contribution in [3.8, 4) is 0 Å². The molecule has 0 unspecified atom stereocenters. The van der Waals surface area contributed by atoms with E-state index in [1.54, 1.807) is 4.90 Å². The summed E-state index contributed by atoms with van der Waals surface area (Å²) in [6.07, 6.45) is -1.05. The minimum atomic E-state index is -5.01. The van der Waals surface area contributed by atoms with E-state index in [0.717, 1.165) is 24.3 Å². The molecule has 0 radical (unpaired) electrons. The third-order valence-electron chi connectivity index (χ3n) is 5.92. The number of nitrogens with two attached hydrogens (primary N) is 1. The number of nitrogens with zero attached hydrogens (tertiary/aromatic N) is 6. The first-order valence-electron chi connectivity index (χ1n) is 11.7. The van der Waals surface area contributed by atoms with E-state index >= 15 is 0 Å². The number of hydrogen-bond donors (Lipinski definition) is 2. The van der Waals surface area contributed by atoms with E-state index in [1.807, 2.05) is 0 Å². The molecule has 1 fully saturated rings. The fraction of sp³-hybridized carbons (Fsp3) is 0.174. The van der Waals surface area contributed by atoms with Crippen molar-refractivity contribution in [3.05, 3.63) is 54.6 Å². The molecular formula is C23H19FN8Na2O7S2. The Hall–Kier alpha value is -2.36. The van der Waals surface area contributed by atoms with Crippen LogP contribution in [0.2, 0.25) is 0 Å². The number of nitrogen functional groups attached to an aromatic ring is 1. The van der Waals surface area contributed by atoms with Crippen molar-refractivity contribution in [3.63, 3.8) is 0 Å². The molecule has 0 amide bonds. The maximum Gasteiger partial charge on any atom is 1.00 e. The molecule has 0 saturated carbocycles. The Balaban J connectivity index is 0.00000253. The van der Waals surface area contributed by atoms with Crippen molar-refractivity contribution in [1.82, 2.24) is 15.0 Å². The maximum absolute atomic E-state index is 14.2. The van der Waals surface area contributed by atoms with E-state index in [4.69, 9.17) is 10.5 Å². The number of azo groups is 1. The molecule has 0 bridgehead atoms. The number of fused-ring (bicyclic) bond motifs is 1. The van der Waals surface area contributed by atoms with Crippen LogP contribution in [0.25, 0.3) is 10.8 Å². The number of nitrogens with one attached hydrogen (secondary N) is 1. The molecule has 15 nitrogen and oxygen atoms in total. The standard InChI is InChI=1S/C23H21FN8O7S2.2Na/c24-21-27-22(29-23(28-21)32-7-9-39-10-8-32)26-14-2-6-19(41(36,37)38)18(12-14)30-31-20-16-4-3-15(40(33,34)35)11-13(16)1-5-17(20)25;;/h1-6,11-12H,7-10,25H2,(H,33,34,35)(H,36,37,38)(H,26,27,28,29);;/q;2*+1/p-2. The summed E-state index contributed by atoms with van der Waals surface area (Å²) in [5, 5.41) is 11.3. The Bertz CT molecular complexity index is 1910. The normalized spacial score (nSPS) is 13.9. The Morgan fingerprint density at radius 2 is 1.63 bits per heavy atom. The first kappa shape index (κ1) is 35.1. The Morgan fingerprint density at radius 3 is 2.30 bits per heavy atom. The molecule has 0 aliphatic carbocycles. The Kier molecular flexibility index (Phi) is 11.6. The molecule has 20 heteroatoms. The van der Waals surface area contributed by atoms with Crippen molar-refractivity contribution in [2.24, 2.45) is 10.2 Å². The third-order valence-corrected chi connectivity index (χ3v) is 7.63. The Morgan fingerprint density at radius 1 is 0.907 bits per heavy atom. The summed E-state index contributed by atoms with van der Waals surface area (Å²) in [5.74, 6) is -0.122. The summed E-state index contributed by atoms with van der Waals surface area (Å²) in [6, 6.07) is 9.74. The van der Waals surface area contributed by atoms with Crippen LogP contribution in [-0.2, 0) is 25.0 Å². The SMILES string of the molecule is Nc1ccc2cc(S(=O)(=O)[O-])ccc2c1N=Nc1cc(Nc2nc(F)nc(N3CCOCC3)n2)ccc1S(=O)(=O)[O-].[Na+].[Na+]. The zero-order valence-corrected chi connectivity index (χ0v) is 28.4. The van der Waals surface area contributed by atoms with Crippen LogP contribution in [0.4, 0.5) is 39.0 Å². The molecule has 43 heavy (non-hydrogen) atoms. The van der Waals surface area contributed by atoms with Crippen LogP contribution in [-0.4, -0.2) is 67.2 Å². The topological polar surface area (TPSA) is 228 Å². The zero-order chi connectivity index (χ0) is 29.4. The van der Waals surface area contributed by atoms with Gasteiger partial charge in [-0.15, -0.1) is 10.2 Å². The molecule has 2 heterocycles. The Labute approximate surface area is 289 Å². The van der Waals surface area contributed by atoms with E-state index < -0.39 is 36.1 Å². The summed E-state index contributed by atoms with van der Waals surface area (Å²) in [5.41, 5.74) is 5.90. The first-order valence-corrected chi connectivity index (χ1v) is 14.5. The molecule has 1 aromatic heterocycles. The monoisotopic (exact) mass is 648 g/mol. The van der Waals surface area contributed by atoms with Crippen LogP contribution in [0.1, 0.15) is 0 Å². The molecule has 1 saturated heterocycles. The zero-order valence-electron chi connectivity index (χ0n) is 22.8. The molecule has 3 aromatic carbocycles. The quantitative estimate of drug-likeness (QED) is 0.0861. The summed E-state index contributed by atoms with van der Waals surface area (Å²) in [4.78, 5) is 12.0. The van der Waals surface area contributed by atoms with Crippen molar-refractivity contribution in [2.45, 2.75) is 9.79 Å². The summed E-state index contributed by atoms with van der Waals surface area (Å²) in [7, 11) is -9.74. The number of aromatic nitrogens is 3. The van der Waals surface area contributed by atoms with E-state index in [-0.39, 0.29) is 93.8 Å².